The lowest BCUT2D eigenvalue weighted by Gasteiger charge is -2.10. The molecule has 1 aliphatic heterocycles. The number of carbonyl (C=O) groups is 1. The number of hydrogen-bond donors (Lipinski definition) is 3. The Morgan fingerprint density at radius 1 is 1.38 bits per heavy atom. The van der Waals surface area contributed by atoms with Crippen molar-refractivity contribution in [1.29, 1.82) is 0 Å². The van der Waals surface area contributed by atoms with Gasteiger partial charge in [-0.05, 0) is 18.9 Å². The van der Waals surface area contributed by atoms with Gasteiger partial charge in [0.15, 0.2) is 0 Å². The smallest absolute Gasteiger partial charge is 0.238 e. The number of benzene rings is 1. The van der Waals surface area contributed by atoms with E-state index in [1.165, 1.54) is 5.56 Å². The number of amides is 1. The highest BCUT2D eigenvalue weighted by Gasteiger charge is 2.29. The Morgan fingerprint density at radius 3 is 2.90 bits per heavy atom. The summed E-state index contributed by atoms with van der Waals surface area (Å²) in [5.41, 5.74) is 8.35. The molecule has 2 heterocycles. The van der Waals surface area contributed by atoms with Gasteiger partial charge in [-0.3, -0.25) is 4.79 Å². The highest BCUT2D eigenvalue weighted by atomic mass is 32.1. The standard InChI is InChI=1S/C15H18N4OS/c1-10-17-12(9-21-10)8-16-15(20)14-7-13(18-19-14)11-5-3-2-4-6-11/h2-6,9,13-14,18-19H,7-8H2,1H3,(H,16,20). The van der Waals surface area contributed by atoms with Gasteiger partial charge < -0.3 is 5.32 Å². The maximum Gasteiger partial charge on any atom is 0.238 e. The van der Waals surface area contributed by atoms with Crippen LogP contribution in [0.2, 0.25) is 0 Å². The number of hydrazine groups is 1. The molecule has 3 rings (SSSR count). The fourth-order valence-corrected chi connectivity index (χ4v) is 3.03. The van der Waals surface area contributed by atoms with Crippen LogP contribution in [0.4, 0.5) is 0 Å². The Balaban J connectivity index is 1.52. The minimum absolute atomic E-state index is 0.00610. The molecule has 2 atom stereocenters. The van der Waals surface area contributed by atoms with Gasteiger partial charge in [0.25, 0.3) is 0 Å². The summed E-state index contributed by atoms with van der Waals surface area (Å²) in [6, 6.07) is 10.1. The first kappa shape index (κ1) is 14.2. The van der Waals surface area contributed by atoms with Crippen LogP contribution in [-0.2, 0) is 11.3 Å². The van der Waals surface area contributed by atoms with E-state index < -0.39 is 0 Å². The van der Waals surface area contributed by atoms with Gasteiger partial charge >= 0.3 is 0 Å². The third-order valence-electron chi connectivity index (χ3n) is 3.53. The molecule has 21 heavy (non-hydrogen) atoms. The molecule has 2 unspecified atom stereocenters. The van der Waals surface area contributed by atoms with Crippen LogP contribution in [0.15, 0.2) is 35.7 Å². The molecule has 1 saturated heterocycles. The van der Waals surface area contributed by atoms with E-state index in [4.69, 9.17) is 0 Å². The summed E-state index contributed by atoms with van der Waals surface area (Å²) in [5, 5.41) is 5.92. The average molecular weight is 302 g/mol. The number of nitrogens with zero attached hydrogens (tertiary/aromatic N) is 1. The van der Waals surface area contributed by atoms with Crippen LogP contribution in [0.1, 0.15) is 28.7 Å². The number of aromatic nitrogens is 1. The zero-order valence-corrected chi connectivity index (χ0v) is 12.6. The van der Waals surface area contributed by atoms with Gasteiger partial charge in [-0.15, -0.1) is 11.3 Å². The lowest BCUT2D eigenvalue weighted by Crippen LogP contribution is -2.42. The van der Waals surface area contributed by atoms with Crippen molar-refractivity contribution in [1.82, 2.24) is 21.2 Å². The van der Waals surface area contributed by atoms with Crippen molar-refractivity contribution in [2.75, 3.05) is 0 Å². The Hall–Kier alpha value is -1.76. The monoisotopic (exact) mass is 302 g/mol. The summed E-state index contributed by atoms with van der Waals surface area (Å²) in [6.07, 6.45) is 0.742. The second-order valence-electron chi connectivity index (χ2n) is 5.12. The molecule has 1 aromatic heterocycles. The molecule has 2 aromatic rings. The largest absolute Gasteiger partial charge is 0.349 e. The lowest BCUT2D eigenvalue weighted by molar-refractivity contribution is -0.123. The molecule has 0 bridgehead atoms. The Labute approximate surface area is 127 Å². The molecule has 0 saturated carbocycles. The van der Waals surface area contributed by atoms with E-state index >= 15 is 0 Å². The molecular formula is C15H18N4OS. The maximum absolute atomic E-state index is 12.2. The van der Waals surface area contributed by atoms with Crippen molar-refractivity contribution in [3.05, 3.63) is 52.0 Å². The number of nitrogens with one attached hydrogen (secondary N) is 3. The van der Waals surface area contributed by atoms with Crippen LogP contribution in [0.5, 0.6) is 0 Å². The summed E-state index contributed by atoms with van der Waals surface area (Å²) in [6.45, 7) is 2.44. The van der Waals surface area contributed by atoms with Crippen LogP contribution >= 0.6 is 11.3 Å². The first-order chi connectivity index (χ1) is 10.2. The normalized spacial score (nSPS) is 21.4. The molecule has 0 aliphatic carbocycles. The predicted molar refractivity (Wildman–Crippen MR) is 82.6 cm³/mol. The summed E-state index contributed by atoms with van der Waals surface area (Å²) in [5.74, 6) is 0.00610. The quantitative estimate of drug-likeness (QED) is 0.804. The van der Waals surface area contributed by atoms with Crippen molar-refractivity contribution in [2.24, 2.45) is 0 Å². The number of carbonyl (C=O) groups excluding carboxylic acids is 1. The number of thiazole rings is 1. The number of aryl methyl sites for hydroxylation is 1. The van der Waals surface area contributed by atoms with E-state index in [0.717, 1.165) is 17.1 Å². The van der Waals surface area contributed by atoms with Crippen molar-refractivity contribution < 1.29 is 4.79 Å². The highest BCUT2D eigenvalue weighted by molar-refractivity contribution is 7.09. The van der Waals surface area contributed by atoms with Gasteiger partial charge in [-0.1, -0.05) is 30.3 Å². The predicted octanol–water partition coefficient (Wildman–Crippen LogP) is 1.68. The summed E-state index contributed by atoms with van der Waals surface area (Å²) in [4.78, 5) is 16.5. The van der Waals surface area contributed by atoms with Gasteiger partial charge in [0, 0.05) is 11.4 Å². The third kappa shape index (κ3) is 3.47. The van der Waals surface area contributed by atoms with Gasteiger partial charge in [-0.2, -0.15) is 0 Å². The number of rotatable bonds is 4. The van der Waals surface area contributed by atoms with Crippen LogP contribution in [0.25, 0.3) is 0 Å². The maximum atomic E-state index is 12.2. The van der Waals surface area contributed by atoms with E-state index in [9.17, 15) is 4.79 Å². The SMILES string of the molecule is Cc1nc(CNC(=O)C2CC(c3ccccc3)NN2)cs1. The molecule has 5 nitrogen and oxygen atoms in total. The molecule has 110 valence electrons. The van der Waals surface area contributed by atoms with Gasteiger partial charge in [0.1, 0.15) is 6.04 Å². The molecule has 0 spiro atoms. The molecule has 1 aliphatic rings. The van der Waals surface area contributed by atoms with Crippen LogP contribution in [0.3, 0.4) is 0 Å². The lowest BCUT2D eigenvalue weighted by atomic mass is 10.0. The third-order valence-corrected chi connectivity index (χ3v) is 4.35. The van der Waals surface area contributed by atoms with Crippen molar-refractivity contribution in [2.45, 2.75) is 32.0 Å². The van der Waals surface area contributed by atoms with E-state index in [1.54, 1.807) is 11.3 Å². The minimum atomic E-state index is -0.213. The summed E-state index contributed by atoms with van der Waals surface area (Å²) >= 11 is 1.60. The first-order valence-electron chi connectivity index (χ1n) is 6.97. The Kier molecular flexibility index (Phi) is 4.28. The fraction of sp³-hybridized carbons (Fsp3) is 0.333. The summed E-state index contributed by atoms with van der Waals surface area (Å²) < 4.78 is 0. The Bertz CT molecular complexity index is 613. The summed E-state index contributed by atoms with van der Waals surface area (Å²) in [7, 11) is 0. The van der Waals surface area contributed by atoms with Crippen molar-refractivity contribution in [3.8, 4) is 0 Å². The second kappa shape index (κ2) is 6.34. The molecule has 3 N–H and O–H groups in total. The van der Waals surface area contributed by atoms with Gasteiger partial charge in [0.2, 0.25) is 5.91 Å². The molecule has 1 amide bonds. The molecule has 0 radical (unpaired) electrons. The van der Waals surface area contributed by atoms with E-state index in [-0.39, 0.29) is 18.0 Å². The fourth-order valence-electron chi connectivity index (χ4n) is 2.42. The molecular weight excluding hydrogens is 284 g/mol. The highest BCUT2D eigenvalue weighted by Crippen LogP contribution is 2.21. The number of hydrogen-bond acceptors (Lipinski definition) is 5. The topological polar surface area (TPSA) is 66.0 Å². The van der Waals surface area contributed by atoms with Crippen LogP contribution < -0.4 is 16.2 Å². The zero-order chi connectivity index (χ0) is 14.7. The van der Waals surface area contributed by atoms with Crippen molar-refractivity contribution >= 4 is 17.2 Å². The first-order valence-corrected chi connectivity index (χ1v) is 7.85. The van der Waals surface area contributed by atoms with Crippen molar-refractivity contribution in [3.63, 3.8) is 0 Å². The molecule has 6 heteroatoms. The van der Waals surface area contributed by atoms with E-state index in [2.05, 4.69) is 33.3 Å². The van der Waals surface area contributed by atoms with Gasteiger partial charge in [-0.25, -0.2) is 15.8 Å². The zero-order valence-electron chi connectivity index (χ0n) is 11.8. The van der Waals surface area contributed by atoms with Crippen LogP contribution in [0, 0.1) is 6.92 Å². The van der Waals surface area contributed by atoms with E-state index in [1.807, 2.05) is 30.5 Å². The van der Waals surface area contributed by atoms with Gasteiger partial charge in [0.05, 0.1) is 17.2 Å². The second-order valence-corrected chi connectivity index (χ2v) is 6.18. The van der Waals surface area contributed by atoms with E-state index in [0.29, 0.717) is 6.54 Å². The Morgan fingerprint density at radius 2 is 2.19 bits per heavy atom. The minimum Gasteiger partial charge on any atom is -0.349 e. The van der Waals surface area contributed by atoms with Crippen LogP contribution in [-0.4, -0.2) is 16.9 Å². The average Bonchev–Trinajstić information content (AvgIpc) is 3.15. The molecule has 1 fully saturated rings. The molecule has 1 aromatic carbocycles.